The summed E-state index contributed by atoms with van der Waals surface area (Å²) < 4.78 is 1.50. The zero-order valence-corrected chi connectivity index (χ0v) is 13.9. The number of piperidine rings is 1. The van der Waals surface area contributed by atoms with Crippen molar-refractivity contribution in [1.82, 2.24) is 19.5 Å². The number of rotatable bonds is 4. The van der Waals surface area contributed by atoms with E-state index in [1.807, 2.05) is 12.3 Å². The van der Waals surface area contributed by atoms with Gasteiger partial charge in [-0.15, -0.1) is 0 Å². The van der Waals surface area contributed by atoms with Gasteiger partial charge < -0.3 is 14.4 Å². The first kappa shape index (κ1) is 15.1. The molecule has 0 spiro atoms. The van der Waals surface area contributed by atoms with Crippen molar-refractivity contribution >= 4 is 11.6 Å². The maximum absolute atomic E-state index is 11.8. The van der Waals surface area contributed by atoms with E-state index in [9.17, 15) is 4.79 Å². The van der Waals surface area contributed by atoms with E-state index < -0.39 is 0 Å². The molecular weight excluding hydrogens is 304 g/mol. The summed E-state index contributed by atoms with van der Waals surface area (Å²) in [4.78, 5) is 29.4. The molecule has 0 N–H and O–H groups in total. The van der Waals surface area contributed by atoms with Gasteiger partial charge in [-0.3, -0.25) is 4.79 Å². The van der Waals surface area contributed by atoms with Crippen LogP contribution < -0.4 is 15.4 Å². The number of anilines is 2. The molecule has 7 nitrogen and oxygen atoms in total. The zero-order chi connectivity index (χ0) is 16.5. The van der Waals surface area contributed by atoms with Crippen molar-refractivity contribution in [3.63, 3.8) is 0 Å². The molecule has 1 aliphatic heterocycles. The molecule has 0 amide bonds. The molecule has 2 aromatic rings. The van der Waals surface area contributed by atoms with E-state index in [1.165, 1.54) is 17.4 Å². The Labute approximate surface area is 141 Å². The van der Waals surface area contributed by atoms with Gasteiger partial charge in [-0.25, -0.2) is 15.0 Å². The second-order valence-corrected chi connectivity index (χ2v) is 6.62. The summed E-state index contributed by atoms with van der Waals surface area (Å²) in [6, 6.07) is 4.75. The zero-order valence-electron chi connectivity index (χ0n) is 13.9. The standard InChI is InChI=1S/C17H22N6O/c1-21-12-20-16(10-17(21)24)22-8-5-14(6-9-22)23(13-2-3-13)15-4-7-18-11-19-15/h4,7,10-14H,2-3,5-6,8-9H2,1H3. The molecular formula is C17H22N6O. The monoisotopic (exact) mass is 326 g/mol. The highest BCUT2D eigenvalue weighted by molar-refractivity contribution is 5.43. The Morgan fingerprint density at radius 3 is 2.50 bits per heavy atom. The van der Waals surface area contributed by atoms with Crippen LogP contribution in [0.15, 0.2) is 35.8 Å². The molecule has 7 heteroatoms. The Balaban J connectivity index is 1.47. The van der Waals surface area contributed by atoms with E-state index in [2.05, 4.69) is 24.8 Å². The highest BCUT2D eigenvalue weighted by atomic mass is 16.1. The normalized spacial score (nSPS) is 18.6. The molecule has 1 saturated heterocycles. The van der Waals surface area contributed by atoms with Gasteiger partial charge in [0.25, 0.3) is 5.56 Å². The molecule has 0 unspecified atom stereocenters. The van der Waals surface area contributed by atoms with Gasteiger partial charge >= 0.3 is 0 Å². The Morgan fingerprint density at radius 2 is 1.88 bits per heavy atom. The molecule has 1 saturated carbocycles. The first-order valence-corrected chi connectivity index (χ1v) is 8.54. The Morgan fingerprint density at radius 1 is 1.12 bits per heavy atom. The summed E-state index contributed by atoms with van der Waals surface area (Å²) in [5.74, 6) is 1.83. The van der Waals surface area contributed by atoms with Crippen molar-refractivity contribution in [2.75, 3.05) is 22.9 Å². The lowest BCUT2D eigenvalue weighted by Crippen LogP contribution is -2.47. The molecule has 4 rings (SSSR count). The molecule has 0 aromatic carbocycles. The van der Waals surface area contributed by atoms with E-state index >= 15 is 0 Å². The lowest BCUT2D eigenvalue weighted by atomic mass is 10.0. The molecule has 2 aliphatic rings. The maximum Gasteiger partial charge on any atom is 0.255 e. The van der Waals surface area contributed by atoms with E-state index in [4.69, 9.17) is 0 Å². The van der Waals surface area contributed by atoms with Crippen molar-refractivity contribution < 1.29 is 0 Å². The summed E-state index contributed by atoms with van der Waals surface area (Å²) in [5, 5.41) is 0. The van der Waals surface area contributed by atoms with Crippen LogP contribution in [0.4, 0.5) is 11.6 Å². The predicted molar refractivity (Wildman–Crippen MR) is 92.2 cm³/mol. The molecule has 2 aromatic heterocycles. The van der Waals surface area contributed by atoms with Gasteiger partial charge in [-0.05, 0) is 31.7 Å². The first-order chi connectivity index (χ1) is 11.7. The van der Waals surface area contributed by atoms with E-state index in [0.717, 1.165) is 37.6 Å². The van der Waals surface area contributed by atoms with E-state index in [1.54, 1.807) is 25.8 Å². The van der Waals surface area contributed by atoms with Gasteiger partial charge in [0.15, 0.2) is 0 Å². The van der Waals surface area contributed by atoms with Gasteiger partial charge in [-0.1, -0.05) is 0 Å². The summed E-state index contributed by atoms with van der Waals surface area (Å²) in [6.07, 6.45) is 9.65. The predicted octanol–water partition coefficient (Wildman–Crippen LogP) is 1.21. The van der Waals surface area contributed by atoms with Crippen LogP contribution in [0, 0.1) is 0 Å². The number of aryl methyl sites for hydroxylation is 1. The molecule has 0 bridgehead atoms. The molecule has 1 aliphatic carbocycles. The summed E-state index contributed by atoms with van der Waals surface area (Å²) in [5.41, 5.74) is -0.0114. The summed E-state index contributed by atoms with van der Waals surface area (Å²) >= 11 is 0. The van der Waals surface area contributed by atoms with Crippen LogP contribution in [0.1, 0.15) is 25.7 Å². The number of hydrogen-bond donors (Lipinski definition) is 0. The minimum absolute atomic E-state index is 0.0114. The molecule has 24 heavy (non-hydrogen) atoms. The van der Waals surface area contributed by atoms with Crippen LogP contribution in [-0.2, 0) is 7.05 Å². The third-order valence-corrected chi connectivity index (χ3v) is 4.92. The Kier molecular flexibility index (Phi) is 3.92. The molecule has 126 valence electrons. The lowest BCUT2D eigenvalue weighted by molar-refractivity contribution is 0.457. The maximum atomic E-state index is 11.8. The van der Waals surface area contributed by atoms with Crippen LogP contribution in [0.3, 0.4) is 0 Å². The van der Waals surface area contributed by atoms with Crippen LogP contribution in [0.25, 0.3) is 0 Å². The minimum Gasteiger partial charge on any atom is -0.356 e. The van der Waals surface area contributed by atoms with Crippen molar-refractivity contribution in [1.29, 1.82) is 0 Å². The third kappa shape index (κ3) is 2.98. The smallest absolute Gasteiger partial charge is 0.255 e. The second kappa shape index (κ2) is 6.22. The minimum atomic E-state index is -0.0114. The quantitative estimate of drug-likeness (QED) is 0.841. The highest BCUT2D eigenvalue weighted by Crippen LogP contribution is 2.35. The topological polar surface area (TPSA) is 67.2 Å². The van der Waals surface area contributed by atoms with Crippen LogP contribution in [-0.4, -0.2) is 44.7 Å². The fraction of sp³-hybridized carbons (Fsp3) is 0.529. The lowest BCUT2D eigenvalue weighted by Gasteiger charge is -2.39. The van der Waals surface area contributed by atoms with E-state index in [-0.39, 0.29) is 5.56 Å². The summed E-state index contributed by atoms with van der Waals surface area (Å²) in [7, 11) is 1.72. The fourth-order valence-electron chi connectivity index (χ4n) is 3.46. The highest BCUT2D eigenvalue weighted by Gasteiger charge is 2.36. The SMILES string of the molecule is Cn1cnc(N2CCC(N(c3ccncn3)C3CC3)CC2)cc1=O. The van der Waals surface area contributed by atoms with Gasteiger partial charge in [-0.2, -0.15) is 0 Å². The third-order valence-electron chi connectivity index (χ3n) is 4.92. The van der Waals surface area contributed by atoms with Crippen LogP contribution >= 0.6 is 0 Å². The average Bonchev–Trinajstić information content (AvgIpc) is 3.44. The second-order valence-electron chi connectivity index (χ2n) is 6.62. The molecule has 3 heterocycles. The van der Waals surface area contributed by atoms with Crippen molar-refractivity contribution in [3.05, 3.63) is 41.3 Å². The van der Waals surface area contributed by atoms with Crippen LogP contribution in [0.2, 0.25) is 0 Å². The Hall–Kier alpha value is -2.44. The van der Waals surface area contributed by atoms with Gasteiger partial charge in [0, 0.05) is 44.5 Å². The number of nitrogens with zero attached hydrogens (tertiary/aromatic N) is 6. The van der Waals surface area contributed by atoms with Gasteiger partial charge in [0.05, 0.1) is 6.33 Å². The van der Waals surface area contributed by atoms with E-state index in [0.29, 0.717) is 12.1 Å². The van der Waals surface area contributed by atoms with Crippen molar-refractivity contribution in [2.24, 2.45) is 7.05 Å². The van der Waals surface area contributed by atoms with Gasteiger partial charge in [0.2, 0.25) is 0 Å². The van der Waals surface area contributed by atoms with Crippen molar-refractivity contribution in [3.8, 4) is 0 Å². The fourth-order valence-corrected chi connectivity index (χ4v) is 3.46. The summed E-state index contributed by atoms with van der Waals surface area (Å²) in [6.45, 7) is 1.83. The first-order valence-electron chi connectivity index (χ1n) is 8.54. The van der Waals surface area contributed by atoms with Crippen molar-refractivity contribution in [2.45, 2.75) is 37.8 Å². The molecule has 2 fully saturated rings. The molecule has 0 radical (unpaired) electrons. The number of aromatic nitrogens is 4. The Bertz CT molecular complexity index is 749. The van der Waals surface area contributed by atoms with Crippen LogP contribution in [0.5, 0.6) is 0 Å². The average molecular weight is 326 g/mol. The largest absolute Gasteiger partial charge is 0.356 e. The van der Waals surface area contributed by atoms with Gasteiger partial charge in [0.1, 0.15) is 18.0 Å². The number of hydrogen-bond acceptors (Lipinski definition) is 6. The molecule has 0 atom stereocenters.